The first-order chi connectivity index (χ1) is 18.8. The second-order valence-corrected chi connectivity index (χ2v) is 11.0. The number of hydrogen-bond donors (Lipinski definition) is 0. The molecule has 39 heavy (non-hydrogen) atoms. The van der Waals surface area contributed by atoms with E-state index in [0.29, 0.717) is 11.1 Å². The van der Waals surface area contributed by atoms with Crippen molar-refractivity contribution in [2.75, 3.05) is 0 Å². The van der Waals surface area contributed by atoms with Gasteiger partial charge in [-0.25, -0.2) is 4.39 Å². The molecule has 2 atom stereocenters. The molecule has 0 N–H and O–H groups in total. The maximum absolute atomic E-state index is 14.6. The fraction of sp³-hybridized carbons (Fsp3) is 0.125. The quantitative estimate of drug-likeness (QED) is 0.259. The number of ether oxygens (including phenoxy) is 1. The van der Waals surface area contributed by atoms with Crippen LogP contribution in [0.3, 0.4) is 0 Å². The molecule has 4 aromatic rings. The Balaban J connectivity index is 1.59. The van der Waals surface area contributed by atoms with Crippen molar-refractivity contribution in [1.29, 1.82) is 0 Å². The standard InChI is InChI=1S/C32H18BrFO5/c33-19-13-9-17(10-14-19)25-31(26(35)21-5-1-2-6-22(21)27(31)36)30(18-11-15-20(34)16-12-18)39-32(25)28(37)23-7-3-4-8-24(23)29(32)38/h1-16,25,30H/t25-,30-/m1/s1. The van der Waals surface area contributed by atoms with E-state index in [9.17, 15) is 23.6 Å². The number of carbonyl (C=O) groups excluding carboxylic acids is 4. The third-order valence-electron chi connectivity index (χ3n) is 8.21. The molecule has 0 amide bonds. The highest BCUT2D eigenvalue weighted by atomic mass is 79.9. The van der Waals surface area contributed by atoms with Crippen molar-refractivity contribution in [3.05, 3.63) is 141 Å². The van der Waals surface area contributed by atoms with Gasteiger partial charge in [-0.2, -0.15) is 0 Å². The SMILES string of the molecule is O=C1c2ccccc2C(=O)C12O[C@H](c1ccc(F)cc1)C1(C(=O)c3ccccc3C1=O)[C@H]2c1ccc(Br)cc1. The first kappa shape index (κ1) is 24.0. The third kappa shape index (κ3) is 2.92. The molecule has 0 aromatic heterocycles. The molecule has 7 rings (SSSR count). The van der Waals surface area contributed by atoms with E-state index in [4.69, 9.17) is 4.74 Å². The summed E-state index contributed by atoms with van der Waals surface area (Å²) in [6.07, 6.45) is -1.33. The monoisotopic (exact) mass is 580 g/mol. The van der Waals surface area contributed by atoms with E-state index < -0.39 is 52.0 Å². The van der Waals surface area contributed by atoms with Crippen LogP contribution in [0.5, 0.6) is 0 Å². The molecule has 5 nitrogen and oxygen atoms in total. The van der Waals surface area contributed by atoms with Gasteiger partial charge in [0.2, 0.25) is 17.2 Å². The van der Waals surface area contributed by atoms with Gasteiger partial charge in [-0.15, -0.1) is 0 Å². The molecule has 190 valence electrons. The summed E-state index contributed by atoms with van der Waals surface area (Å²) in [5, 5.41) is 0. The van der Waals surface area contributed by atoms with Crippen LogP contribution in [-0.2, 0) is 4.74 Å². The van der Waals surface area contributed by atoms with Gasteiger partial charge in [0.15, 0.2) is 11.6 Å². The van der Waals surface area contributed by atoms with Gasteiger partial charge in [-0.05, 0) is 35.4 Å². The summed E-state index contributed by atoms with van der Waals surface area (Å²) in [6.45, 7) is 0. The second kappa shape index (κ2) is 8.21. The molecule has 0 bridgehead atoms. The Morgan fingerprint density at radius 3 is 1.51 bits per heavy atom. The Hall–Kier alpha value is -4.07. The molecular formula is C32H18BrFO5. The minimum absolute atomic E-state index is 0.176. The van der Waals surface area contributed by atoms with E-state index >= 15 is 0 Å². The van der Waals surface area contributed by atoms with Crippen LogP contribution >= 0.6 is 15.9 Å². The normalized spacial score (nSPS) is 22.1. The fourth-order valence-electron chi connectivity index (χ4n) is 6.62. The van der Waals surface area contributed by atoms with E-state index in [1.54, 1.807) is 72.8 Å². The molecule has 2 aliphatic carbocycles. The average Bonchev–Trinajstić information content (AvgIpc) is 3.48. The number of rotatable bonds is 2. The molecule has 1 fully saturated rings. The lowest BCUT2D eigenvalue weighted by Gasteiger charge is -2.34. The van der Waals surface area contributed by atoms with Gasteiger partial charge in [0.05, 0.1) is 5.92 Å². The summed E-state index contributed by atoms with van der Waals surface area (Å²) in [7, 11) is 0. The molecule has 2 spiro atoms. The Morgan fingerprint density at radius 2 is 1.03 bits per heavy atom. The van der Waals surface area contributed by atoms with Gasteiger partial charge in [-0.3, -0.25) is 19.2 Å². The van der Waals surface area contributed by atoms with E-state index in [1.165, 1.54) is 24.3 Å². The molecule has 0 unspecified atom stereocenters. The molecule has 3 aliphatic rings. The first-order valence-corrected chi connectivity index (χ1v) is 13.2. The predicted octanol–water partition coefficient (Wildman–Crippen LogP) is 6.33. The van der Waals surface area contributed by atoms with Crippen LogP contribution in [0.2, 0.25) is 0 Å². The highest BCUT2D eigenvalue weighted by Gasteiger charge is 2.79. The van der Waals surface area contributed by atoms with E-state index in [1.807, 2.05) is 0 Å². The zero-order valence-corrected chi connectivity index (χ0v) is 21.8. The van der Waals surface area contributed by atoms with Crippen molar-refractivity contribution >= 4 is 39.1 Å². The molecule has 1 heterocycles. The van der Waals surface area contributed by atoms with E-state index in [0.717, 1.165) is 4.47 Å². The Labute approximate surface area is 230 Å². The first-order valence-electron chi connectivity index (χ1n) is 12.4. The number of hydrogen-bond acceptors (Lipinski definition) is 5. The van der Waals surface area contributed by atoms with Gasteiger partial charge >= 0.3 is 0 Å². The summed E-state index contributed by atoms with van der Waals surface area (Å²) in [5.74, 6) is -4.06. The zero-order chi connectivity index (χ0) is 27.1. The van der Waals surface area contributed by atoms with Crippen LogP contribution in [0.15, 0.2) is 102 Å². The van der Waals surface area contributed by atoms with Gasteiger partial charge < -0.3 is 4.74 Å². The van der Waals surface area contributed by atoms with Crippen LogP contribution in [0.1, 0.15) is 64.6 Å². The van der Waals surface area contributed by atoms with Crippen molar-refractivity contribution in [3.63, 3.8) is 0 Å². The second-order valence-electron chi connectivity index (χ2n) is 10.0. The minimum atomic E-state index is -2.18. The maximum atomic E-state index is 14.6. The molecular weight excluding hydrogens is 563 g/mol. The number of carbonyl (C=O) groups is 4. The van der Waals surface area contributed by atoms with Crippen molar-refractivity contribution in [1.82, 2.24) is 0 Å². The van der Waals surface area contributed by atoms with Gasteiger partial charge in [0.25, 0.3) is 0 Å². The Bertz CT molecular complexity index is 1670. The van der Waals surface area contributed by atoms with Crippen molar-refractivity contribution in [3.8, 4) is 0 Å². The highest BCUT2D eigenvalue weighted by Crippen LogP contribution is 2.67. The molecule has 1 aliphatic heterocycles. The van der Waals surface area contributed by atoms with Gasteiger partial charge in [0, 0.05) is 26.7 Å². The lowest BCUT2D eigenvalue weighted by atomic mass is 9.60. The molecule has 0 saturated carbocycles. The van der Waals surface area contributed by atoms with Crippen LogP contribution in [-0.4, -0.2) is 28.7 Å². The highest BCUT2D eigenvalue weighted by molar-refractivity contribution is 9.10. The summed E-state index contributed by atoms with van der Waals surface area (Å²) >= 11 is 3.42. The number of ketones is 4. The van der Waals surface area contributed by atoms with E-state index in [-0.39, 0.29) is 22.3 Å². The average molecular weight is 581 g/mol. The zero-order valence-electron chi connectivity index (χ0n) is 20.2. The maximum Gasteiger partial charge on any atom is 0.204 e. The molecule has 0 radical (unpaired) electrons. The van der Waals surface area contributed by atoms with Crippen molar-refractivity contribution < 1.29 is 28.3 Å². The smallest absolute Gasteiger partial charge is 0.204 e. The van der Waals surface area contributed by atoms with Crippen LogP contribution in [0.25, 0.3) is 0 Å². The Morgan fingerprint density at radius 1 is 0.590 bits per heavy atom. The largest absolute Gasteiger partial charge is 0.348 e. The lowest BCUT2D eigenvalue weighted by molar-refractivity contribution is -0.0210. The van der Waals surface area contributed by atoms with Crippen LogP contribution < -0.4 is 0 Å². The summed E-state index contributed by atoms with van der Waals surface area (Å²) in [4.78, 5) is 57.7. The van der Waals surface area contributed by atoms with Gasteiger partial charge in [-0.1, -0.05) is 88.7 Å². The predicted molar refractivity (Wildman–Crippen MR) is 142 cm³/mol. The number of benzene rings is 4. The summed E-state index contributed by atoms with van der Waals surface area (Å²) in [5.41, 5.74) is -2.65. The Kier molecular flexibility index (Phi) is 5.06. The molecule has 7 heteroatoms. The minimum Gasteiger partial charge on any atom is -0.348 e. The molecule has 4 aromatic carbocycles. The topological polar surface area (TPSA) is 77.5 Å². The van der Waals surface area contributed by atoms with Gasteiger partial charge in [0.1, 0.15) is 17.3 Å². The van der Waals surface area contributed by atoms with Crippen LogP contribution in [0.4, 0.5) is 4.39 Å². The number of fused-ring (bicyclic) bond motifs is 2. The molecule has 1 saturated heterocycles. The van der Waals surface area contributed by atoms with Crippen molar-refractivity contribution in [2.45, 2.75) is 17.6 Å². The number of Topliss-reactive ketones (excluding diaryl/α,β-unsaturated/α-hetero) is 4. The summed E-state index contributed by atoms with van der Waals surface area (Å²) < 4.78 is 21.3. The van der Waals surface area contributed by atoms with Crippen LogP contribution in [0, 0.1) is 11.2 Å². The van der Waals surface area contributed by atoms with E-state index in [2.05, 4.69) is 15.9 Å². The third-order valence-corrected chi connectivity index (χ3v) is 8.74. The lowest BCUT2D eigenvalue weighted by Crippen LogP contribution is -2.51. The number of halogens is 2. The summed E-state index contributed by atoms with van der Waals surface area (Å²) in [6, 6.07) is 25.0. The fourth-order valence-corrected chi connectivity index (χ4v) is 6.88. The van der Waals surface area contributed by atoms with Crippen molar-refractivity contribution in [2.24, 2.45) is 5.41 Å².